The molecule has 0 bridgehead atoms. The van der Waals surface area contributed by atoms with Crippen molar-refractivity contribution in [3.05, 3.63) is 57.4 Å². The third-order valence-electron chi connectivity index (χ3n) is 3.15. The summed E-state index contributed by atoms with van der Waals surface area (Å²) in [5.41, 5.74) is 2.75. The van der Waals surface area contributed by atoms with Gasteiger partial charge in [-0.05, 0) is 13.8 Å². The molecule has 118 valence electrons. The number of aryl methyl sites for hydroxylation is 2. The lowest BCUT2D eigenvalue weighted by atomic mass is 10.1. The maximum Gasteiger partial charge on any atom is 0.277 e. The third-order valence-corrected chi connectivity index (χ3v) is 4.79. The van der Waals surface area contributed by atoms with E-state index in [1.54, 1.807) is 11.3 Å². The van der Waals surface area contributed by atoms with Gasteiger partial charge in [0.25, 0.3) is 5.22 Å². The van der Waals surface area contributed by atoms with E-state index >= 15 is 0 Å². The van der Waals surface area contributed by atoms with Gasteiger partial charge in [-0.1, -0.05) is 41.6 Å². The van der Waals surface area contributed by atoms with E-state index in [4.69, 9.17) is 4.42 Å². The molecule has 0 radical (unpaired) electrons. The highest BCUT2D eigenvalue weighted by Gasteiger charge is 2.12. The lowest BCUT2D eigenvalue weighted by Crippen LogP contribution is -2.02. The van der Waals surface area contributed by atoms with Crippen LogP contribution in [0.25, 0.3) is 0 Å². The Morgan fingerprint density at radius 2 is 2.00 bits per heavy atom. The van der Waals surface area contributed by atoms with Gasteiger partial charge in [-0.2, -0.15) is 0 Å². The smallest absolute Gasteiger partial charge is 0.277 e. The molecular formula is C16H15N3O2S2. The van der Waals surface area contributed by atoms with Crippen LogP contribution in [0.1, 0.15) is 32.5 Å². The predicted molar refractivity (Wildman–Crippen MR) is 90.2 cm³/mol. The number of aromatic nitrogens is 3. The molecule has 0 aliphatic carbocycles. The maximum atomic E-state index is 12.1. The van der Waals surface area contributed by atoms with Gasteiger partial charge in [0.05, 0.1) is 22.9 Å². The molecule has 0 saturated carbocycles. The van der Waals surface area contributed by atoms with Crippen LogP contribution in [0.15, 0.2) is 39.3 Å². The molecule has 0 aliphatic rings. The molecule has 7 heteroatoms. The zero-order valence-corrected chi connectivity index (χ0v) is 14.4. The molecule has 2 aromatic heterocycles. The van der Waals surface area contributed by atoms with E-state index in [9.17, 15) is 4.79 Å². The molecule has 0 atom stereocenters. The van der Waals surface area contributed by atoms with Gasteiger partial charge in [-0.3, -0.25) is 4.79 Å². The first kappa shape index (κ1) is 15.9. The number of ketones is 1. The minimum Gasteiger partial charge on any atom is -0.416 e. The Balaban J connectivity index is 1.56. The van der Waals surface area contributed by atoms with Crippen molar-refractivity contribution in [3.8, 4) is 0 Å². The quantitative estimate of drug-likeness (QED) is 0.501. The fourth-order valence-corrected chi connectivity index (χ4v) is 3.25. The predicted octanol–water partition coefficient (Wildman–Crippen LogP) is 3.71. The van der Waals surface area contributed by atoms with Gasteiger partial charge in [0.2, 0.25) is 5.89 Å². The Bertz CT molecular complexity index is 809. The highest BCUT2D eigenvalue weighted by Crippen LogP contribution is 2.20. The van der Waals surface area contributed by atoms with Gasteiger partial charge >= 0.3 is 0 Å². The molecule has 3 aromatic rings. The number of thiazole rings is 1. The molecule has 0 saturated heterocycles. The average molecular weight is 345 g/mol. The summed E-state index contributed by atoms with van der Waals surface area (Å²) in [4.78, 5) is 16.5. The Morgan fingerprint density at radius 1 is 1.22 bits per heavy atom. The van der Waals surface area contributed by atoms with Crippen LogP contribution in [-0.4, -0.2) is 26.7 Å². The molecular weight excluding hydrogens is 330 g/mol. The van der Waals surface area contributed by atoms with Gasteiger partial charge in [0.1, 0.15) is 0 Å². The number of benzene rings is 1. The molecule has 0 unspecified atom stereocenters. The van der Waals surface area contributed by atoms with Gasteiger partial charge in [-0.25, -0.2) is 4.98 Å². The van der Waals surface area contributed by atoms with Crippen molar-refractivity contribution in [2.75, 3.05) is 5.75 Å². The Morgan fingerprint density at radius 3 is 2.70 bits per heavy atom. The zero-order valence-electron chi connectivity index (χ0n) is 12.8. The number of thioether (sulfide) groups is 1. The summed E-state index contributed by atoms with van der Waals surface area (Å²) in [7, 11) is 0. The summed E-state index contributed by atoms with van der Waals surface area (Å²) in [5.74, 6) is 0.839. The number of nitrogens with zero attached hydrogens (tertiary/aromatic N) is 3. The Labute approximate surface area is 142 Å². The zero-order chi connectivity index (χ0) is 16.2. The van der Waals surface area contributed by atoms with Crippen LogP contribution in [0, 0.1) is 13.8 Å². The number of carbonyl (C=O) groups is 1. The standard InChI is InChI=1S/C16H15N3O2S2/c1-10-3-5-12(6-4-10)14(20)9-23-16-19-18-15(21-16)7-13-8-22-11(2)17-13/h3-6,8H,7,9H2,1-2H3. The van der Waals surface area contributed by atoms with Crippen molar-refractivity contribution in [3.63, 3.8) is 0 Å². The van der Waals surface area contributed by atoms with Gasteiger partial charge in [0, 0.05) is 10.9 Å². The lowest BCUT2D eigenvalue weighted by molar-refractivity contribution is 0.102. The van der Waals surface area contributed by atoms with Crippen LogP contribution in [0.3, 0.4) is 0 Å². The summed E-state index contributed by atoms with van der Waals surface area (Å²) in [6.45, 7) is 3.95. The van der Waals surface area contributed by atoms with Crippen molar-refractivity contribution in [2.24, 2.45) is 0 Å². The van der Waals surface area contributed by atoms with Crippen molar-refractivity contribution >= 4 is 28.9 Å². The van der Waals surface area contributed by atoms with E-state index in [0.717, 1.165) is 16.3 Å². The summed E-state index contributed by atoms with van der Waals surface area (Å²) in [6.07, 6.45) is 0.518. The second-order valence-corrected chi connectivity index (χ2v) is 7.06. The molecule has 1 aromatic carbocycles. The monoisotopic (exact) mass is 345 g/mol. The number of hydrogen-bond acceptors (Lipinski definition) is 7. The lowest BCUT2D eigenvalue weighted by Gasteiger charge is -1.99. The maximum absolute atomic E-state index is 12.1. The van der Waals surface area contributed by atoms with E-state index in [1.807, 2.05) is 43.5 Å². The second-order valence-electron chi connectivity index (χ2n) is 5.07. The van der Waals surface area contributed by atoms with Crippen LogP contribution < -0.4 is 0 Å². The fourth-order valence-electron chi connectivity index (χ4n) is 1.96. The van der Waals surface area contributed by atoms with E-state index < -0.39 is 0 Å². The third kappa shape index (κ3) is 4.27. The number of hydrogen-bond donors (Lipinski definition) is 0. The molecule has 2 heterocycles. The fraction of sp³-hybridized carbons (Fsp3) is 0.250. The van der Waals surface area contributed by atoms with E-state index in [-0.39, 0.29) is 11.5 Å². The molecule has 0 aliphatic heterocycles. The summed E-state index contributed by atoms with van der Waals surface area (Å²) in [6, 6.07) is 7.53. The van der Waals surface area contributed by atoms with Gasteiger partial charge < -0.3 is 4.42 Å². The van der Waals surface area contributed by atoms with Crippen molar-refractivity contribution < 1.29 is 9.21 Å². The van der Waals surface area contributed by atoms with Gasteiger partial charge in [-0.15, -0.1) is 21.5 Å². The van der Waals surface area contributed by atoms with E-state index in [2.05, 4.69) is 15.2 Å². The summed E-state index contributed by atoms with van der Waals surface area (Å²) >= 11 is 2.85. The normalized spacial score (nSPS) is 10.9. The molecule has 23 heavy (non-hydrogen) atoms. The highest BCUT2D eigenvalue weighted by molar-refractivity contribution is 7.99. The number of rotatable bonds is 6. The first-order chi connectivity index (χ1) is 11.1. The molecule has 0 fully saturated rings. The molecule has 0 spiro atoms. The Kier molecular flexibility index (Phi) is 4.88. The second kappa shape index (κ2) is 7.06. The van der Waals surface area contributed by atoms with Crippen molar-refractivity contribution in [1.29, 1.82) is 0 Å². The highest BCUT2D eigenvalue weighted by atomic mass is 32.2. The summed E-state index contributed by atoms with van der Waals surface area (Å²) in [5, 5.41) is 11.4. The molecule has 0 N–H and O–H groups in total. The molecule has 0 amide bonds. The summed E-state index contributed by atoms with van der Waals surface area (Å²) < 4.78 is 5.56. The Hall–Kier alpha value is -1.99. The van der Waals surface area contributed by atoms with E-state index in [0.29, 0.717) is 23.1 Å². The van der Waals surface area contributed by atoms with Crippen LogP contribution in [0.4, 0.5) is 0 Å². The van der Waals surface area contributed by atoms with Crippen LogP contribution in [0.2, 0.25) is 0 Å². The minimum absolute atomic E-state index is 0.0462. The minimum atomic E-state index is 0.0462. The van der Waals surface area contributed by atoms with Crippen LogP contribution >= 0.6 is 23.1 Å². The van der Waals surface area contributed by atoms with E-state index in [1.165, 1.54) is 11.8 Å². The van der Waals surface area contributed by atoms with Crippen LogP contribution in [-0.2, 0) is 6.42 Å². The average Bonchev–Trinajstić information content (AvgIpc) is 3.15. The molecule has 5 nitrogen and oxygen atoms in total. The SMILES string of the molecule is Cc1ccc(C(=O)CSc2nnc(Cc3csc(C)n3)o2)cc1. The first-order valence-corrected chi connectivity index (χ1v) is 8.93. The van der Waals surface area contributed by atoms with Crippen LogP contribution in [0.5, 0.6) is 0 Å². The first-order valence-electron chi connectivity index (χ1n) is 7.06. The van der Waals surface area contributed by atoms with Crippen molar-refractivity contribution in [2.45, 2.75) is 25.5 Å². The largest absolute Gasteiger partial charge is 0.416 e. The number of Topliss-reactive ketones (excluding diaryl/α,β-unsaturated/α-hetero) is 1. The van der Waals surface area contributed by atoms with Gasteiger partial charge in [0.15, 0.2) is 5.78 Å². The number of carbonyl (C=O) groups excluding carboxylic acids is 1. The topological polar surface area (TPSA) is 68.9 Å². The molecule has 3 rings (SSSR count). The van der Waals surface area contributed by atoms with Crippen molar-refractivity contribution in [1.82, 2.24) is 15.2 Å².